The summed E-state index contributed by atoms with van der Waals surface area (Å²) in [6.07, 6.45) is 3.94. The predicted molar refractivity (Wildman–Crippen MR) is 74.6 cm³/mol. The maximum Gasteiger partial charge on any atom is 0.0471 e. The van der Waals surface area contributed by atoms with Crippen molar-refractivity contribution in [2.45, 2.75) is 32.7 Å². The van der Waals surface area contributed by atoms with Crippen molar-refractivity contribution >= 4 is 17.3 Å². The van der Waals surface area contributed by atoms with E-state index in [1.54, 1.807) is 0 Å². The largest absolute Gasteiger partial charge is 0.371 e. The van der Waals surface area contributed by atoms with Gasteiger partial charge in [-0.05, 0) is 42.9 Å². The first kappa shape index (κ1) is 12.7. The second kappa shape index (κ2) is 5.74. The minimum Gasteiger partial charge on any atom is -0.371 e. The molecule has 0 bridgehead atoms. The molecule has 17 heavy (non-hydrogen) atoms. The van der Waals surface area contributed by atoms with Crippen molar-refractivity contribution in [3.05, 3.63) is 28.8 Å². The summed E-state index contributed by atoms with van der Waals surface area (Å²) in [5, 5.41) is 0.793. The van der Waals surface area contributed by atoms with Crippen LogP contribution >= 0.6 is 11.6 Å². The Morgan fingerprint density at radius 3 is 2.71 bits per heavy atom. The lowest BCUT2D eigenvalue weighted by molar-refractivity contribution is 0.708. The van der Waals surface area contributed by atoms with Crippen LogP contribution in [0.5, 0.6) is 0 Å². The Morgan fingerprint density at radius 2 is 2.18 bits per heavy atom. The summed E-state index contributed by atoms with van der Waals surface area (Å²) >= 11 is 6.22. The fourth-order valence-corrected chi connectivity index (χ4v) is 2.36. The lowest BCUT2D eigenvalue weighted by Gasteiger charge is -2.25. The quantitative estimate of drug-likeness (QED) is 0.841. The monoisotopic (exact) mass is 252 g/mol. The molecule has 0 unspecified atom stereocenters. The minimum atomic E-state index is 0.509. The van der Waals surface area contributed by atoms with Crippen LogP contribution in [0.2, 0.25) is 5.02 Å². The molecule has 0 spiro atoms. The van der Waals surface area contributed by atoms with Crippen LogP contribution in [-0.2, 0) is 6.54 Å². The van der Waals surface area contributed by atoms with Gasteiger partial charge in [0.25, 0.3) is 0 Å². The number of anilines is 1. The molecule has 3 heteroatoms. The van der Waals surface area contributed by atoms with Crippen LogP contribution in [0.3, 0.4) is 0 Å². The van der Waals surface area contributed by atoms with Gasteiger partial charge in [0.1, 0.15) is 0 Å². The SMILES string of the molecule is CCCN(CC1CC1)c1ccc(CN)c(Cl)c1. The van der Waals surface area contributed by atoms with Crippen molar-refractivity contribution in [2.24, 2.45) is 11.7 Å². The molecule has 0 atom stereocenters. The van der Waals surface area contributed by atoms with Gasteiger partial charge in [0.15, 0.2) is 0 Å². The molecule has 0 amide bonds. The molecule has 2 rings (SSSR count). The van der Waals surface area contributed by atoms with Crippen molar-refractivity contribution in [1.29, 1.82) is 0 Å². The van der Waals surface area contributed by atoms with Gasteiger partial charge in [-0.3, -0.25) is 0 Å². The summed E-state index contributed by atoms with van der Waals surface area (Å²) in [5.41, 5.74) is 7.89. The normalized spacial score (nSPS) is 15.0. The van der Waals surface area contributed by atoms with E-state index in [9.17, 15) is 0 Å². The summed E-state index contributed by atoms with van der Waals surface area (Å²) in [6.45, 7) is 5.01. The van der Waals surface area contributed by atoms with Gasteiger partial charge >= 0.3 is 0 Å². The highest BCUT2D eigenvalue weighted by Gasteiger charge is 2.24. The summed E-state index contributed by atoms with van der Waals surface area (Å²) in [5.74, 6) is 0.898. The third kappa shape index (κ3) is 3.36. The minimum absolute atomic E-state index is 0.509. The molecule has 1 aliphatic rings. The molecule has 1 saturated carbocycles. The Bertz CT molecular complexity index is 374. The van der Waals surface area contributed by atoms with Crippen molar-refractivity contribution in [3.8, 4) is 0 Å². The van der Waals surface area contributed by atoms with Gasteiger partial charge in [-0.2, -0.15) is 0 Å². The molecule has 0 aliphatic heterocycles. The third-order valence-electron chi connectivity index (χ3n) is 3.29. The van der Waals surface area contributed by atoms with Crippen LogP contribution in [0.25, 0.3) is 0 Å². The van der Waals surface area contributed by atoms with Crippen LogP contribution in [0.4, 0.5) is 5.69 Å². The highest BCUT2D eigenvalue weighted by molar-refractivity contribution is 6.31. The number of nitrogens with two attached hydrogens (primary N) is 1. The van der Waals surface area contributed by atoms with Crippen LogP contribution in [0.15, 0.2) is 18.2 Å². The molecule has 0 aromatic heterocycles. The van der Waals surface area contributed by atoms with Crippen molar-refractivity contribution in [1.82, 2.24) is 0 Å². The van der Waals surface area contributed by atoms with E-state index in [1.807, 2.05) is 6.07 Å². The summed E-state index contributed by atoms with van der Waals surface area (Å²) in [4.78, 5) is 2.45. The summed E-state index contributed by atoms with van der Waals surface area (Å²) in [6, 6.07) is 6.25. The zero-order valence-electron chi connectivity index (χ0n) is 10.5. The molecule has 1 aliphatic carbocycles. The lowest BCUT2D eigenvalue weighted by Crippen LogP contribution is -2.26. The fraction of sp³-hybridized carbons (Fsp3) is 0.571. The number of rotatable bonds is 6. The van der Waals surface area contributed by atoms with E-state index in [4.69, 9.17) is 17.3 Å². The van der Waals surface area contributed by atoms with E-state index in [2.05, 4.69) is 24.0 Å². The Labute approximate surface area is 109 Å². The third-order valence-corrected chi connectivity index (χ3v) is 3.64. The first-order chi connectivity index (χ1) is 8.24. The molecule has 0 saturated heterocycles. The zero-order chi connectivity index (χ0) is 12.3. The van der Waals surface area contributed by atoms with Crippen molar-refractivity contribution < 1.29 is 0 Å². The number of halogens is 1. The number of hydrogen-bond donors (Lipinski definition) is 1. The van der Waals surface area contributed by atoms with Crippen molar-refractivity contribution in [2.75, 3.05) is 18.0 Å². The summed E-state index contributed by atoms with van der Waals surface area (Å²) < 4.78 is 0. The first-order valence-electron chi connectivity index (χ1n) is 6.48. The topological polar surface area (TPSA) is 29.3 Å². The number of benzene rings is 1. The van der Waals surface area contributed by atoms with Crippen molar-refractivity contribution in [3.63, 3.8) is 0 Å². The zero-order valence-corrected chi connectivity index (χ0v) is 11.2. The van der Waals surface area contributed by atoms with Gasteiger partial charge in [-0.25, -0.2) is 0 Å². The van der Waals surface area contributed by atoms with Gasteiger partial charge in [0, 0.05) is 30.3 Å². The van der Waals surface area contributed by atoms with E-state index >= 15 is 0 Å². The average molecular weight is 253 g/mol. The van der Waals surface area contributed by atoms with Crippen LogP contribution in [0.1, 0.15) is 31.7 Å². The predicted octanol–water partition coefficient (Wildman–Crippen LogP) is 3.43. The Hall–Kier alpha value is -0.730. The van der Waals surface area contributed by atoms with E-state index in [0.29, 0.717) is 6.54 Å². The van der Waals surface area contributed by atoms with Gasteiger partial charge in [0.05, 0.1) is 0 Å². The maximum atomic E-state index is 6.22. The number of hydrogen-bond acceptors (Lipinski definition) is 2. The van der Waals surface area contributed by atoms with Gasteiger partial charge in [-0.15, -0.1) is 0 Å². The molecule has 94 valence electrons. The Morgan fingerprint density at radius 1 is 1.41 bits per heavy atom. The standard InChI is InChI=1S/C14H21ClN2/c1-2-7-17(10-11-3-4-11)13-6-5-12(9-16)14(15)8-13/h5-6,8,11H,2-4,7,9-10,16H2,1H3. The van der Waals surface area contributed by atoms with Crippen LogP contribution < -0.4 is 10.6 Å². The fourth-order valence-electron chi connectivity index (χ4n) is 2.11. The Kier molecular flexibility index (Phi) is 4.30. The van der Waals surface area contributed by atoms with E-state index < -0.39 is 0 Å². The molecular formula is C14H21ClN2. The number of nitrogens with zero attached hydrogens (tertiary/aromatic N) is 1. The highest BCUT2D eigenvalue weighted by Crippen LogP contribution is 2.32. The second-order valence-electron chi connectivity index (χ2n) is 4.87. The summed E-state index contributed by atoms with van der Waals surface area (Å²) in [7, 11) is 0. The van der Waals surface area contributed by atoms with Gasteiger partial charge in [0.2, 0.25) is 0 Å². The lowest BCUT2D eigenvalue weighted by atomic mass is 10.2. The Balaban J connectivity index is 2.13. The van der Waals surface area contributed by atoms with E-state index in [1.165, 1.54) is 31.5 Å². The average Bonchev–Trinajstić information content (AvgIpc) is 3.12. The molecule has 2 N–H and O–H groups in total. The van der Waals surface area contributed by atoms with E-state index in [-0.39, 0.29) is 0 Å². The molecule has 0 heterocycles. The van der Waals surface area contributed by atoms with E-state index in [0.717, 1.165) is 23.0 Å². The highest BCUT2D eigenvalue weighted by atomic mass is 35.5. The smallest absolute Gasteiger partial charge is 0.0471 e. The molecule has 1 fully saturated rings. The van der Waals surface area contributed by atoms with Gasteiger partial charge in [-0.1, -0.05) is 24.6 Å². The van der Waals surface area contributed by atoms with Gasteiger partial charge < -0.3 is 10.6 Å². The molecule has 1 aromatic rings. The molecular weight excluding hydrogens is 232 g/mol. The van der Waals surface area contributed by atoms with Crippen LogP contribution in [-0.4, -0.2) is 13.1 Å². The molecule has 0 radical (unpaired) electrons. The van der Waals surface area contributed by atoms with Crippen LogP contribution in [0, 0.1) is 5.92 Å². The molecule has 2 nitrogen and oxygen atoms in total. The first-order valence-corrected chi connectivity index (χ1v) is 6.85. The maximum absolute atomic E-state index is 6.22. The second-order valence-corrected chi connectivity index (χ2v) is 5.28. The molecule has 1 aromatic carbocycles.